The van der Waals surface area contributed by atoms with Crippen molar-refractivity contribution >= 4 is 27.7 Å². The smallest absolute Gasteiger partial charge is 0.251 e. The van der Waals surface area contributed by atoms with Crippen LogP contribution in [0.25, 0.3) is 0 Å². The molecule has 0 spiro atoms. The number of amides is 3. The Kier molecular flexibility index (Phi) is 12.9. The fourth-order valence-corrected chi connectivity index (χ4v) is 6.80. The van der Waals surface area contributed by atoms with E-state index < -0.39 is 34.4 Å². The lowest BCUT2D eigenvalue weighted by molar-refractivity contribution is -0.130. The van der Waals surface area contributed by atoms with Crippen molar-refractivity contribution in [2.24, 2.45) is 5.92 Å². The molecule has 1 aliphatic heterocycles. The Morgan fingerprint density at radius 2 is 1.50 bits per heavy atom. The van der Waals surface area contributed by atoms with Gasteiger partial charge >= 0.3 is 0 Å². The van der Waals surface area contributed by atoms with Crippen LogP contribution in [0.1, 0.15) is 42.6 Å². The molecule has 3 amide bonds. The van der Waals surface area contributed by atoms with Gasteiger partial charge < -0.3 is 39.6 Å². The lowest BCUT2D eigenvalue weighted by Crippen LogP contribution is -2.52. The molecule has 0 fully saturated rings. The van der Waals surface area contributed by atoms with Gasteiger partial charge in [0.25, 0.3) is 5.91 Å². The fourth-order valence-electron chi connectivity index (χ4n) is 5.35. The molecular formula is C35H44N4O10S. The van der Waals surface area contributed by atoms with E-state index >= 15 is 0 Å². The number of ether oxygens (including phenoxy) is 5. The number of rotatable bonds is 7. The third-order valence-corrected chi connectivity index (χ3v) is 9.93. The van der Waals surface area contributed by atoms with E-state index in [1.165, 1.54) is 46.6 Å². The second-order valence-corrected chi connectivity index (χ2v) is 13.7. The summed E-state index contributed by atoms with van der Waals surface area (Å²) >= 11 is 0. The van der Waals surface area contributed by atoms with Crippen LogP contribution < -0.4 is 39.6 Å². The van der Waals surface area contributed by atoms with E-state index in [2.05, 4.69) is 16.0 Å². The molecule has 0 saturated heterocycles. The molecule has 1 atom stereocenters. The van der Waals surface area contributed by atoms with E-state index in [0.29, 0.717) is 47.0 Å². The number of sulfonamides is 1. The number of methoxy groups -OCH3 is 4. The maximum absolute atomic E-state index is 13.9. The van der Waals surface area contributed by atoms with Crippen molar-refractivity contribution in [3.8, 4) is 34.5 Å². The summed E-state index contributed by atoms with van der Waals surface area (Å²) in [6.07, 6.45) is 0.707. The number of nitrogens with zero attached hydrogens (tertiary/aromatic N) is 1. The second-order valence-electron chi connectivity index (χ2n) is 11.7. The molecule has 0 radical (unpaired) electrons. The zero-order valence-corrected chi connectivity index (χ0v) is 29.8. The van der Waals surface area contributed by atoms with Crippen molar-refractivity contribution in [3.05, 3.63) is 65.7 Å². The Balaban J connectivity index is 1.71. The molecule has 3 aromatic carbocycles. The number of nitrogens with one attached hydrogen (secondary N) is 3. The van der Waals surface area contributed by atoms with Gasteiger partial charge in [0.2, 0.25) is 21.8 Å². The van der Waals surface area contributed by atoms with Crippen LogP contribution in [0.2, 0.25) is 0 Å². The number of benzene rings is 3. The van der Waals surface area contributed by atoms with Crippen LogP contribution in [0.3, 0.4) is 0 Å². The van der Waals surface area contributed by atoms with E-state index in [1.807, 2.05) is 0 Å². The van der Waals surface area contributed by atoms with Crippen molar-refractivity contribution in [1.29, 1.82) is 0 Å². The average molecular weight is 713 g/mol. The first-order valence-corrected chi connectivity index (χ1v) is 17.5. The van der Waals surface area contributed by atoms with Crippen LogP contribution >= 0.6 is 0 Å². The highest BCUT2D eigenvalue weighted by atomic mass is 32.2. The largest absolute Gasteiger partial charge is 0.496 e. The summed E-state index contributed by atoms with van der Waals surface area (Å²) < 4.78 is 56.8. The van der Waals surface area contributed by atoms with Gasteiger partial charge in [-0.05, 0) is 61.2 Å². The van der Waals surface area contributed by atoms with Crippen molar-refractivity contribution < 1.29 is 46.5 Å². The van der Waals surface area contributed by atoms with Gasteiger partial charge in [0.05, 0.1) is 52.0 Å². The number of fused-ring (bicyclic) bond motifs is 3. The highest BCUT2D eigenvalue weighted by molar-refractivity contribution is 7.89. The standard InChI is InChI=1S/C35H44N4O10S/c1-22(2)33-35(42)37-20-25-26(45-3)10-9-11-27(25)49-31-18-23(12-14-29(31)47-5)34(41)36-16-7-8-17-39(21-32(40)38-33)50(43,44)24-13-15-28(46-4)30(19-24)48-6/h9-15,18-19,22,33H,7-8,16-17,20-21H2,1-6H3,(H,36,41)(H,37,42)(H,38,40)/t33-/m1/s1. The molecule has 15 heteroatoms. The molecule has 270 valence electrons. The van der Waals surface area contributed by atoms with Crippen molar-refractivity contribution in [3.63, 3.8) is 0 Å². The SMILES string of the molecule is COc1ccc(S(=O)(=O)N2CCCCNC(=O)c3ccc(OC)c(c3)Oc3cccc(OC)c3CNC(=O)[C@@H](C(C)C)NC(=O)C2)cc1OC. The molecule has 3 N–H and O–H groups in total. The summed E-state index contributed by atoms with van der Waals surface area (Å²) in [5.41, 5.74) is 0.803. The highest BCUT2D eigenvalue weighted by Gasteiger charge is 2.31. The Morgan fingerprint density at radius 3 is 2.18 bits per heavy atom. The van der Waals surface area contributed by atoms with Crippen LogP contribution in [0.5, 0.6) is 34.5 Å². The van der Waals surface area contributed by atoms with Crippen molar-refractivity contribution in [2.45, 2.75) is 44.2 Å². The van der Waals surface area contributed by atoms with Gasteiger partial charge in [-0.15, -0.1) is 0 Å². The number of carbonyl (C=O) groups excluding carboxylic acids is 3. The minimum Gasteiger partial charge on any atom is -0.496 e. The van der Waals surface area contributed by atoms with Crippen molar-refractivity contribution in [2.75, 3.05) is 48.1 Å². The Labute approximate surface area is 292 Å². The molecular weight excluding hydrogens is 668 g/mol. The molecule has 3 aromatic rings. The molecule has 50 heavy (non-hydrogen) atoms. The first-order chi connectivity index (χ1) is 23.9. The first-order valence-electron chi connectivity index (χ1n) is 16.0. The molecule has 0 saturated carbocycles. The van der Waals surface area contributed by atoms with E-state index in [1.54, 1.807) is 50.2 Å². The Bertz CT molecular complexity index is 1800. The van der Waals surface area contributed by atoms with E-state index in [9.17, 15) is 22.8 Å². The number of hydrogen-bond donors (Lipinski definition) is 3. The molecule has 0 aromatic heterocycles. The second kappa shape index (κ2) is 17.1. The van der Waals surface area contributed by atoms with Gasteiger partial charge in [-0.1, -0.05) is 19.9 Å². The normalized spacial score (nSPS) is 16.9. The van der Waals surface area contributed by atoms with Crippen LogP contribution in [-0.2, 0) is 26.2 Å². The molecule has 1 heterocycles. The minimum atomic E-state index is -4.23. The minimum absolute atomic E-state index is 0.0421. The molecule has 2 bridgehead atoms. The van der Waals surface area contributed by atoms with Crippen LogP contribution in [0, 0.1) is 5.92 Å². The lowest BCUT2D eigenvalue weighted by atomic mass is 10.0. The molecule has 4 rings (SSSR count). The van der Waals surface area contributed by atoms with E-state index in [0.717, 1.165) is 4.31 Å². The van der Waals surface area contributed by atoms with Gasteiger partial charge in [-0.3, -0.25) is 14.4 Å². The monoisotopic (exact) mass is 712 g/mol. The van der Waals surface area contributed by atoms with Crippen LogP contribution in [0.4, 0.5) is 0 Å². The zero-order valence-electron chi connectivity index (χ0n) is 29.0. The maximum Gasteiger partial charge on any atom is 0.251 e. The number of carbonyl (C=O) groups is 3. The van der Waals surface area contributed by atoms with Crippen LogP contribution in [-0.4, -0.2) is 84.6 Å². The molecule has 0 aliphatic carbocycles. The predicted molar refractivity (Wildman–Crippen MR) is 185 cm³/mol. The quantitative estimate of drug-likeness (QED) is 0.330. The summed E-state index contributed by atoms with van der Waals surface area (Å²) in [5, 5.41) is 8.43. The lowest BCUT2D eigenvalue weighted by Gasteiger charge is -2.26. The average Bonchev–Trinajstić information content (AvgIpc) is 3.11. The third-order valence-electron chi connectivity index (χ3n) is 8.09. The predicted octanol–water partition coefficient (Wildman–Crippen LogP) is 3.48. The maximum atomic E-state index is 13.9. The zero-order chi connectivity index (χ0) is 36.4. The summed E-state index contributed by atoms with van der Waals surface area (Å²) in [6.45, 7) is 3.12. The van der Waals surface area contributed by atoms with E-state index in [-0.39, 0.29) is 47.9 Å². The Hall–Kier alpha value is -5.02. The third kappa shape index (κ3) is 8.95. The van der Waals surface area contributed by atoms with Gasteiger partial charge in [-0.25, -0.2) is 8.42 Å². The fraction of sp³-hybridized carbons (Fsp3) is 0.400. The number of hydrogen-bond acceptors (Lipinski definition) is 10. The van der Waals surface area contributed by atoms with Gasteiger partial charge in [-0.2, -0.15) is 4.31 Å². The summed E-state index contributed by atoms with van der Waals surface area (Å²) in [7, 11) is 1.57. The highest BCUT2D eigenvalue weighted by Crippen LogP contribution is 2.37. The van der Waals surface area contributed by atoms with Gasteiger partial charge in [0.1, 0.15) is 17.5 Å². The van der Waals surface area contributed by atoms with Gasteiger partial charge in [0, 0.05) is 24.7 Å². The van der Waals surface area contributed by atoms with Gasteiger partial charge in [0.15, 0.2) is 23.0 Å². The summed E-state index contributed by atoms with van der Waals surface area (Å²) in [4.78, 5) is 40.1. The Morgan fingerprint density at radius 1 is 0.800 bits per heavy atom. The molecule has 14 nitrogen and oxygen atoms in total. The van der Waals surface area contributed by atoms with Crippen LogP contribution in [0.15, 0.2) is 59.5 Å². The first kappa shape index (κ1) is 37.8. The molecule has 1 aliphatic rings. The van der Waals surface area contributed by atoms with E-state index in [4.69, 9.17) is 23.7 Å². The summed E-state index contributed by atoms with van der Waals surface area (Å²) in [6, 6.07) is 13.1. The van der Waals surface area contributed by atoms with Crippen molar-refractivity contribution in [1.82, 2.24) is 20.3 Å². The topological polar surface area (TPSA) is 171 Å². The summed E-state index contributed by atoms with van der Waals surface area (Å²) in [5.74, 6) is 0.0651. The molecule has 0 unspecified atom stereocenters.